The molecule has 4 heteroatoms. The SMILES string of the molecule is C.CC(C)C(=O)Oc1ccc(COC=O)cc1. The maximum absolute atomic E-state index is 11.3. The van der Waals surface area contributed by atoms with Crippen molar-refractivity contribution >= 4 is 12.4 Å². The lowest BCUT2D eigenvalue weighted by Gasteiger charge is -2.07. The Morgan fingerprint density at radius 1 is 1.29 bits per heavy atom. The highest BCUT2D eigenvalue weighted by molar-refractivity contribution is 5.74. The van der Waals surface area contributed by atoms with E-state index in [0.717, 1.165) is 5.56 Å². The van der Waals surface area contributed by atoms with Gasteiger partial charge in [0.1, 0.15) is 12.4 Å². The Labute approximate surface area is 102 Å². The fourth-order valence-corrected chi connectivity index (χ4v) is 1.02. The van der Waals surface area contributed by atoms with Crippen molar-refractivity contribution in [1.82, 2.24) is 0 Å². The minimum absolute atomic E-state index is 0. The van der Waals surface area contributed by atoms with Gasteiger partial charge < -0.3 is 9.47 Å². The summed E-state index contributed by atoms with van der Waals surface area (Å²) >= 11 is 0. The molecule has 0 spiro atoms. The molecule has 0 heterocycles. The van der Waals surface area contributed by atoms with E-state index in [1.807, 2.05) is 0 Å². The second kappa shape index (κ2) is 7.44. The summed E-state index contributed by atoms with van der Waals surface area (Å²) in [4.78, 5) is 21.2. The van der Waals surface area contributed by atoms with Crippen LogP contribution in [0.4, 0.5) is 0 Å². The molecule has 0 radical (unpaired) electrons. The number of rotatable bonds is 5. The molecular formula is C13H18O4. The molecule has 0 saturated carbocycles. The molecule has 17 heavy (non-hydrogen) atoms. The predicted molar refractivity (Wildman–Crippen MR) is 64.5 cm³/mol. The van der Waals surface area contributed by atoms with E-state index in [2.05, 4.69) is 4.74 Å². The molecule has 0 fully saturated rings. The second-order valence-corrected chi connectivity index (χ2v) is 3.63. The van der Waals surface area contributed by atoms with E-state index in [-0.39, 0.29) is 25.9 Å². The summed E-state index contributed by atoms with van der Waals surface area (Å²) in [6.07, 6.45) is 0. The predicted octanol–water partition coefficient (Wildman–Crippen LogP) is 2.56. The molecule has 0 amide bonds. The summed E-state index contributed by atoms with van der Waals surface area (Å²) in [6.45, 7) is 4.16. The van der Waals surface area contributed by atoms with Gasteiger partial charge >= 0.3 is 5.97 Å². The van der Waals surface area contributed by atoms with Crippen molar-refractivity contribution in [3.63, 3.8) is 0 Å². The molecule has 0 saturated heterocycles. The third kappa shape index (κ3) is 5.15. The van der Waals surface area contributed by atoms with Crippen LogP contribution in [0.2, 0.25) is 0 Å². The molecule has 4 nitrogen and oxygen atoms in total. The first kappa shape index (κ1) is 15.2. The van der Waals surface area contributed by atoms with Gasteiger partial charge in [-0.2, -0.15) is 0 Å². The quantitative estimate of drug-likeness (QED) is 0.449. The van der Waals surface area contributed by atoms with Crippen LogP contribution in [0.15, 0.2) is 24.3 Å². The minimum atomic E-state index is -0.267. The summed E-state index contributed by atoms with van der Waals surface area (Å²) in [7, 11) is 0. The van der Waals surface area contributed by atoms with Gasteiger partial charge in [0.15, 0.2) is 0 Å². The van der Waals surface area contributed by atoms with E-state index < -0.39 is 0 Å². The highest BCUT2D eigenvalue weighted by atomic mass is 16.5. The van der Waals surface area contributed by atoms with Crippen LogP contribution in [0.5, 0.6) is 5.75 Å². The van der Waals surface area contributed by atoms with Crippen LogP contribution < -0.4 is 4.74 Å². The van der Waals surface area contributed by atoms with Crippen LogP contribution in [0, 0.1) is 5.92 Å². The molecule has 0 aliphatic carbocycles. The summed E-state index contributed by atoms with van der Waals surface area (Å²) in [6, 6.07) is 6.83. The van der Waals surface area contributed by atoms with Gasteiger partial charge in [0, 0.05) is 0 Å². The standard InChI is InChI=1S/C12H14O4.CH4/c1-9(2)12(14)16-11-5-3-10(4-6-11)7-15-8-13;/h3-6,8-9H,7H2,1-2H3;1H4. The van der Waals surface area contributed by atoms with Crippen LogP contribution in [0.3, 0.4) is 0 Å². The number of hydrogen-bond acceptors (Lipinski definition) is 4. The van der Waals surface area contributed by atoms with E-state index >= 15 is 0 Å². The van der Waals surface area contributed by atoms with E-state index in [0.29, 0.717) is 12.2 Å². The van der Waals surface area contributed by atoms with Gasteiger partial charge in [0.05, 0.1) is 5.92 Å². The zero-order chi connectivity index (χ0) is 12.0. The third-order valence-electron chi connectivity index (χ3n) is 1.93. The number of ether oxygens (including phenoxy) is 2. The van der Waals surface area contributed by atoms with E-state index in [9.17, 15) is 9.59 Å². The van der Waals surface area contributed by atoms with Crippen molar-refractivity contribution in [2.45, 2.75) is 27.9 Å². The highest BCUT2D eigenvalue weighted by Gasteiger charge is 2.09. The molecule has 1 aromatic carbocycles. The van der Waals surface area contributed by atoms with E-state index in [1.54, 1.807) is 38.1 Å². The van der Waals surface area contributed by atoms with Crippen LogP contribution in [-0.4, -0.2) is 12.4 Å². The lowest BCUT2D eigenvalue weighted by molar-refractivity contribution is -0.137. The Kier molecular flexibility index (Phi) is 6.63. The van der Waals surface area contributed by atoms with Crippen molar-refractivity contribution in [2.75, 3.05) is 0 Å². The number of carbonyl (C=O) groups is 2. The molecule has 0 aliphatic rings. The number of esters is 1. The van der Waals surface area contributed by atoms with Crippen molar-refractivity contribution in [3.05, 3.63) is 29.8 Å². The van der Waals surface area contributed by atoms with E-state index in [1.165, 1.54) is 0 Å². The Bertz CT molecular complexity index is 354. The van der Waals surface area contributed by atoms with Gasteiger partial charge in [-0.1, -0.05) is 33.4 Å². The van der Waals surface area contributed by atoms with Gasteiger partial charge in [0.2, 0.25) is 0 Å². The number of hydrogen-bond donors (Lipinski definition) is 0. The average Bonchev–Trinajstić information content (AvgIpc) is 2.28. The third-order valence-corrected chi connectivity index (χ3v) is 1.93. The van der Waals surface area contributed by atoms with Crippen LogP contribution >= 0.6 is 0 Å². The van der Waals surface area contributed by atoms with Gasteiger partial charge in [-0.05, 0) is 17.7 Å². The smallest absolute Gasteiger partial charge is 0.313 e. The lowest BCUT2D eigenvalue weighted by atomic mass is 10.2. The molecule has 1 rings (SSSR count). The van der Waals surface area contributed by atoms with Gasteiger partial charge in [-0.25, -0.2) is 0 Å². The van der Waals surface area contributed by atoms with Gasteiger partial charge in [-0.15, -0.1) is 0 Å². The Morgan fingerprint density at radius 3 is 2.35 bits per heavy atom. The highest BCUT2D eigenvalue weighted by Crippen LogP contribution is 2.14. The first-order valence-corrected chi connectivity index (χ1v) is 4.99. The monoisotopic (exact) mass is 238 g/mol. The molecule has 0 bridgehead atoms. The summed E-state index contributed by atoms with van der Waals surface area (Å²) in [5, 5.41) is 0. The molecule has 0 aromatic heterocycles. The fraction of sp³-hybridized carbons (Fsp3) is 0.385. The first-order valence-electron chi connectivity index (χ1n) is 4.99. The van der Waals surface area contributed by atoms with Crippen molar-refractivity contribution in [2.24, 2.45) is 5.92 Å². The normalized spacial score (nSPS) is 9.35. The Hall–Kier alpha value is -1.84. The molecule has 94 valence electrons. The van der Waals surface area contributed by atoms with E-state index in [4.69, 9.17) is 4.74 Å². The van der Waals surface area contributed by atoms with Crippen molar-refractivity contribution < 1.29 is 19.1 Å². The van der Waals surface area contributed by atoms with Crippen molar-refractivity contribution in [1.29, 1.82) is 0 Å². The Morgan fingerprint density at radius 2 is 1.88 bits per heavy atom. The summed E-state index contributed by atoms with van der Waals surface area (Å²) < 4.78 is 9.68. The molecular weight excluding hydrogens is 220 g/mol. The van der Waals surface area contributed by atoms with Gasteiger partial charge in [0.25, 0.3) is 6.47 Å². The molecule has 1 aromatic rings. The molecule has 0 N–H and O–H groups in total. The van der Waals surface area contributed by atoms with Crippen LogP contribution in [-0.2, 0) is 20.9 Å². The molecule has 0 aliphatic heterocycles. The maximum atomic E-state index is 11.3. The Balaban J connectivity index is 0.00000256. The van der Waals surface area contributed by atoms with Crippen LogP contribution in [0.1, 0.15) is 26.8 Å². The van der Waals surface area contributed by atoms with Crippen LogP contribution in [0.25, 0.3) is 0 Å². The number of benzene rings is 1. The largest absolute Gasteiger partial charge is 0.463 e. The van der Waals surface area contributed by atoms with Crippen molar-refractivity contribution in [3.8, 4) is 5.75 Å². The average molecular weight is 238 g/mol. The van der Waals surface area contributed by atoms with Gasteiger partial charge in [-0.3, -0.25) is 9.59 Å². The topological polar surface area (TPSA) is 52.6 Å². The summed E-state index contributed by atoms with van der Waals surface area (Å²) in [5.41, 5.74) is 0.844. The first-order chi connectivity index (χ1) is 7.63. The maximum Gasteiger partial charge on any atom is 0.313 e. The number of carbonyl (C=O) groups excluding carboxylic acids is 2. The second-order valence-electron chi connectivity index (χ2n) is 3.63. The zero-order valence-electron chi connectivity index (χ0n) is 9.30. The summed E-state index contributed by atoms with van der Waals surface area (Å²) in [5.74, 6) is 0.0727. The molecule has 0 unspecified atom stereocenters. The zero-order valence-corrected chi connectivity index (χ0v) is 9.30. The lowest BCUT2D eigenvalue weighted by Crippen LogP contribution is -2.14. The minimum Gasteiger partial charge on any atom is -0.463 e. The fourth-order valence-electron chi connectivity index (χ4n) is 1.02. The molecule has 0 atom stereocenters.